The van der Waals surface area contributed by atoms with Crippen molar-refractivity contribution in [3.05, 3.63) is 27.7 Å². The number of nitrogens with two attached hydrogens (primary N) is 1. The number of phenols is 1. The van der Waals surface area contributed by atoms with Crippen molar-refractivity contribution in [1.82, 2.24) is 0 Å². The first-order valence-corrected chi connectivity index (χ1v) is 5.93. The van der Waals surface area contributed by atoms with Gasteiger partial charge in [-0.3, -0.25) is 0 Å². The molecule has 2 rings (SSSR count). The van der Waals surface area contributed by atoms with Crippen molar-refractivity contribution in [2.24, 2.45) is 11.7 Å². The van der Waals surface area contributed by atoms with Crippen molar-refractivity contribution in [2.75, 3.05) is 0 Å². The number of hydrogen-bond donors (Lipinski definition) is 2. The van der Waals surface area contributed by atoms with Crippen LogP contribution in [0.3, 0.4) is 0 Å². The molecule has 1 aliphatic rings. The van der Waals surface area contributed by atoms with Crippen LogP contribution in [0.2, 0.25) is 0 Å². The molecule has 0 heterocycles. The van der Waals surface area contributed by atoms with Gasteiger partial charge in [-0.25, -0.2) is 4.39 Å². The first kappa shape index (κ1) is 14.7. The maximum atomic E-state index is 13.3. The molecule has 1 aromatic carbocycles. The van der Waals surface area contributed by atoms with Crippen molar-refractivity contribution < 1.29 is 13.9 Å². The van der Waals surface area contributed by atoms with Crippen LogP contribution in [-0.4, -0.2) is 5.11 Å². The van der Waals surface area contributed by atoms with E-state index in [9.17, 15) is 13.9 Å². The predicted molar refractivity (Wildman–Crippen MR) is 67.2 cm³/mol. The van der Waals surface area contributed by atoms with Gasteiger partial charge >= 0.3 is 0 Å². The first-order valence-electron chi connectivity index (χ1n) is 5.14. The highest BCUT2D eigenvalue weighted by molar-refractivity contribution is 9.10. The van der Waals surface area contributed by atoms with Crippen molar-refractivity contribution in [1.29, 1.82) is 0 Å². The van der Waals surface area contributed by atoms with E-state index >= 15 is 0 Å². The molecule has 0 aromatic heterocycles. The zero-order chi connectivity index (χ0) is 11.9. The Hall–Kier alpha value is -0.390. The summed E-state index contributed by atoms with van der Waals surface area (Å²) in [7, 11) is 0. The van der Waals surface area contributed by atoms with Crippen LogP contribution < -0.4 is 5.73 Å². The van der Waals surface area contributed by atoms with Gasteiger partial charge < -0.3 is 10.8 Å². The van der Waals surface area contributed by atoms with Gasteiger partial charge in [-0.05, 0) is 40.8 Å². The molecule has 1 atom stereocenters. The lowest BCUT2D eigenvalue weighted by Crippen LogP contribution is -2.27. The van der Waals surface area contributed by atoms with E-state index < -0.39 is 23.4 Å². The second-order valence-electron chi connectivity index (χ2n) is 4.14. The molecule has 1 fully saturated rings. The highest BCUT2D eigenvalue weighted by atomic mass is 79.9. The first-order chi connectivity index (χ1) is 7.52. The molecular formula is C11H13BrClF2NO. The molecule has 17 heavy (non-hydrogen) atoms. The molecule has 1 aliphatic carbocycles. The molecule has 1 aromatic rings. The number of phenolic OH excluding ortho intramolecular Hbond substituents is 1. The highest BCUT2D eigenvalue weighted by Gasteiger charge is 2.29. The maximum Gasteiger partial charge on any atom is 0.201 e. The Labute approximate surface area is 113 Å². The smallest absolute Gasteiger partial charge is 0.201 e. The largest absolute Gasteiger partial charge is 0.505 e. The van der Waals surface area contributed by atoms with Crippen LogP contribution in [0, 0.1) is 17.6 Å². The fourth-order valence-electron chi connectivity index (χ4n) is 1.91. The SMILES string of the molecule is Cl.N[C@H](c1cc(Br)c(F)c(F)c1O)C1CCC1. The normalized spacial score (nSPS) is 17.2. The summed E-state index contributed by atoms with van der Waals surface area (Å²) >= 11 is 2.91. The van der Waals surface area contributed by atoms with E-state index in [1.807, 2.05) is 0 Å². The van der Waals surface area contributed by atoms with E-state index in [1.165, 1.54) is 6.07 Å². The molecule has 6 heteroatoms. The quantitative estimate of drug-likeness (QED) is 0.814. The molecular weight excluding hydrogens is 315 g/mol. The summed E-state index contributed by atoms with van der Waals surface area (Å²) in [5, 5.41) is 9.53. The monoisotopic (exact) mass is 327 g/mol. The van der Waals surface area contributed by atoms with Gasteiger partial charge in [-0.15, -0.1) is 12.4 Å². The summed E-state index contributed by atoms with van der Waals surface area (Å²) in [6.07, 6.45) is 3.04. The number of hydrogen-bond acceptors (Lipinski definition) is 2. The summed E-state index contributed by atoms with van der Waals surface area (Å²) < 4.78 is 26.4. The average Bonchev–Trinajstić information content (AvgIpc) is 2.17. The van der Waals surface area contributed by atoms with Gasteiger partial charge in [0, 0.05) is 11.6 Å². The lowest BCUT2D eigenvalue weighted by atomic mass is 9.77. The Kier molecular flexibility index (Phi) is 4.75. The van der Waals surface area contributed by atoms with Crippen LogP contribution in [-0.2, 0) is 0 Å². The third-order valence-corrected chi connectivity index (χ3v) is 3.76. The third kappa shape index (κ3) is 2.56. The van der Waals surface area contributed by atoms with Crippen LogP contribution in [0.4, 0.5) is 8.78 Å². The Morgan fingerprint density at radius 2 is 1.94 bits per heavy atom. The Balaban J connectivity index is 0.00000144. The van der Waals surface area contributed by atoms with Gasteiger partial charge in [0.2, 0.25) is 5.82 Å². The summed E-state index contributed by atoms with van der Waals surface area (Å²) in [6.45, 7) is 0. The van der Waals surface area contributed by atoms with Crippen LogP contribution in [0.5, 0.6) is 5.75 Å². The van der Waals surface area contributed by atoms with Gasteiger partial charge in [0.15, 0.2) is 11.6 Å². The van der Waals surface area contributed by atoms with E-state index in [0.29, 0.717) is 0 Å². The lowest BCUT2D eigenvalue weighted by Gasteiger charge is -2.31. The Morgan fingerprint density at radius 3 is 2.41 bits per heavy atom. The summed E-state index contributed by atoms with van der Waals surface area (Å²) in [6, 6.07) is 0.927. The molecule has 0 amide bonds. The number of rotatable bonds is 2. The summed E-state index contributed by atoms with van der Waals surface area (Å²) in [4.78, 5) is 0. The molecule has 0 bridgehead atoms. The van der Waals surface area contributed by atoms with Gasteiger partial charge in [-0.2, -0.15) is 4.39 Å². The summed E-state index contributed by atoms with van der Waals surface area (Å²) in [5.74, 6) is -2.73. The van der Waals surface area contributed by atoms with Crippen LogP contribution in [0.25, 0.3) is 0 Å². The third-order valence-electron chi connectivity index (χ3n) is 3.18. The Morgan fingerprint density at radius 1 is 1.35 bits per heavy atom. The number of halogens is 4. The fraction of sp³-hybridized carbons (Fsp3) is 0.455. The van der Waals surface area contributed by atoms with Crippen molar-refractivity contribution >= 4 is 28.3 Å². The molecule has 3 N–H and O–H groups in total. The van der Waals surface area contributed by atoms with E-state index in [4.69, 9.17) is 5.73 Å². The second kappa shape index (κ2) is 5.50. The topological polar surface area (TPSA) is 46.2 Å². The van der Waals surface area contributed by atoms with Crippen LogP contribution >= 0.6 is 28.3 Å². The highest BCUT2D eigenvalue weighted by Crippen LogP contribution is 2.41. The molecule has 1 saturated carbocycles. The fourth-order valence-corrected chi connectivity index (χ4v) is 2.33. The van der Waals surface area contributed by atoms with Gasteiger partial charge in [0.25, 0.3) is 0 Å². The van der Waals surface area contributed by atoms with E-state index in [1.54, 1.807) is 0 Å². The standard InChI is InChI=1S/C11H12BrF2NO.ClH/c12-7-4-6(10(15)5-2-1-3-5)11(16)9(14)8(7)13;/h4-5,10,16H,1-3,15H2;1H/t10-;/m0./s1. The number of aromatic hydroxyl groups is 1. The molecule has 0 saturated heterocycles. The minimum absolute atomic E-state index is 0. The maximum absolute atomic E-state index is 13.3. The molecule has 96 valence electrons. The van der Waals surface area contributed by atoms with Crippen molar-refractivity contribution in [3.63, 3.8) is 0 Å². The van der Waals surface area contributed by atoms with E-state index in [0.717, 1.165) is 19.3 Å². The minimum atomic E-state index is -1.24. The zero-order valence-corrected chi connectivity index (χ0v) is 11.3. The van der Waals surface area contributed by atoms with Gasteiger partial charge in [-0.1, -0.05) is 6.42 Å². The van der Waals surface area contributed by atoms with Crippen molar-refractivity contribution in [2.45, 2.75) is 25.3 Å². The zero-order valence-electron chi connectivity index (χ0n) is 8.92. The summed E-state index contributed by atoms with van der Waals surface area (Å²) in [5.41, 5.74) is 6.19. The molecule has 0 unspecified atom stereocenters. The molecule has 0 spiro atoms. The van der Waals surface area contributed by atoms with Crippen molar-refractivity contribution in [3.8, 4) is 5.75 Å². The van der Waals surface area contributed by atoms with Crippen LogP contribution in [0.15, 0.2) is 10.5 Å². The minimum Gasteiger partial charge on any atom is -0.505 e. The Bertz CT molecular complexity index is 426. The molecule has 0 aliphatic heterocycles. The predicted octanol–water partition coefficient (Wildman–Crippen LogP) is 3.65. The second-order valence-corrected chi connectivity index (χ2v) is 5.00. The number of benzene rings is 1. The van der Waals surface area contributed by atoms with E-state index in [2.05, 4.69) is 15.9 Å². The van der Waals surface area contributed by atoms with Gasteiger partial charge in [0.1, 0.15) is 0 Å². The van der Waals surface area contributed by atoms with E-state index in [-0.39, 0.29) is 28.4 Å². The molecule has 0 radical (unpaired) electrons. The van der Waals surface area contributed by atoms with Gasteiger partial charge in [0.05, 0.1) is 4.47 Å². The molecule has 2 nitrogen and oxygen atoms in total. The average molecular weight is 329 g/mol. The lowest BCUT2D eigenvalue weighted by molar-refractivity contribution is 0.258. The van der Waals surface area contributed by atoms with Crippen LogP contribution in [0.1, 0.15) is 30.9 Å².